The van der Waals surface area contributed by atoms with Crippen molar-refractivity contribution in [1.82, 2.24) is 0 Å². The van der Waals surface area contributed by atoms with Crippen LogP contribution in [0.15, 0.2) is 41.7 Å². The number of ketones is 1. The van der Waals surface area contributed by atoms with Gasteiger partial charge in [-0.25, -0.2) is 0 Å². The fourth-order valence-electron chi connectivity index (χ4n) is 2.02. The number of rotatable bonds is 4. The van der Waals surface area contributed by atoms with Crippen molar-refractivity contribution in [1.29, 1.82) is 0 Å². The summed E-state index contributed by atoms with van der Waals surface area (Å²) in [5.41, 5.74) is 0.284. The van der Waals surface area contributed by atoms with Gasteiger partial charge in [0.15, 0.2) is 5.78 Å². The highest BCUT2D eigenvalue weighted by Gasteiger charge is 2.23. The molecule has 1 aliphatic rings. The van der Waals surface area contributed by atoms with E-state index in [0.717, 1.165) is 0 Å². The van der Waals surface area contributed by atoms with E-state index < -0.39 is 5.78 Å². The summed E-state index contributed by atoms with van der Waals surface area (Å²) in [5, 5.41) is 19.7. The Hall–Kier alpha value is -2.27. The first kappa shape index (κ1) is 14.1. The molecule has 1 aromatic rings. The molecule has 0 saturated heterocycles. The van der Waals surface area contributed by atoms with Crippen molar-refractivity contribution in [3.8, 4) is 11.5 Å². The second-order valence-corrected chi connectivity index (χ2v) is 4.39. The van der Waals surface area contributed by atoms with Crippen LogP contribution in [-0.4, -0.2) is 36.3 Å². The van der Waals surface area contributed by atoms with E-state index in [-0.39, 0.29) is 28.7 Å². The van der Waals surface area contributed by atoms with Crippen LogP contribution in [-0.2, 0) is 4.74 Å². The number of hydrogen-bond acceptors (Lipinski definition) is 5. The molecule has 0 radical (unpaired) electrons. The average Bonchev–Trinajstić information content (AvgIpc) is 2.46. The Morgan fingerprint density at radius 2 is 2.05 bits per heavy atom. The van der Waals surface area contributed by atoms with Crippen LogP contribution >= 0.6 is 0 Å². The predicted octanol–water partition coefficient (Wildman–Crippen LogP) is 2.37. The summed E-state index contributed by atoms with van der Waals surface area (Å²) in [6, 6.07) is 4.40. The lowest BCUT2D eigenvalue weighted by Gasteiger charge is -2.17. The molecule has 0 amide bonds. The number of Topliss-reactive ketones (excluding diaryl/α,β-unsaturated/α-hetero) is 1. The number of methoxy groups -OCH3 is 2. The largest absolute Gasteiger partial charge is 0.507 e. The molecular formula is C15H16O5. The fourth-order valence-corrected chi connectivity index (χ4v) is 2.02. The molecule has 1 aromatic carbocycles. The lowest BCUT2D eigenvalue weighted by molar-refractivity contribution is 0.102. The van der Waals surface area contributed by atoms with Gasteiger partial charge in [-0.15, -0.1) is 0 Å². The molecule has 1 aliphatic carbocycles. The number of phenols is 1. The number of aliphatic hydroxyl groups is 1. The van der Waals surface area contributed by atoms with Gasteiger partial charge in [0, 0.05) is 13.2 Å². The van der Waals surface area contributed by atoms with Crippen molar-refractivity contribution in [2.24, 2.45) is 0 Å². The van der Waals surface area contributed by atoms with Crippen molar-refractivity contribution in [2.75, 3.05) is 14.2 Å². The zero-order chi connectivity index (χ0) is 14.7. The van der Waals surface area contributed by atoms with Crippen molar-refractivity contribution >= 4 is 5.78 Å². The van der Waals surface area contributed by atoms with Crippen LogP contribution in [0.5, 0.6) is 11.5 Å². The van der Waals surface area contributed by atoms with Gasteiger partial charge in [-0.05, 0) is 24.6 Å². The SMILES string of the molecule is COc1ccc(C(=O)C2=CCC(OC)C=C2O)c(O)c1. The van der Waals surface area contributed by atoms with E-state index in [4.69, 9.17) is 9.47 Å². The zero-order valence-electron chi connectivity index (χ0n) is 11.3. The Kier molecular flexibility index (Phi) is 4.10. The predicted molar refractivity (Wildman–Crippen MR) is 73.2 cm³/mol. The summed E-state index contributed by atoms with van der Waals surface area (Å²) < 4.78 is 10.1. The van der Waals surface area contributed by atoms with Crippen LogP contribution in [0.25, 0.3) is 0 Å². The third-order valence-electron chi connectivity index (χ3n) is 3.17. The van der Waals surface area contributed by atoms with E-state index in [1.165, 1.54) is 32.4 Å². The van der Waals surface area contributed by atoms with Gasteiger partial charge in [0.1, 0.15) is 17.3 Å². The van der Waals surface area contributed by atoms with E-state index >= 15 is 0 Å². The molecule has 1 unspecified atom stereocenters. The number of carbonyl (C=O) groups excluding carboxylic acids is 1. The van der Waals surface area contributed by atoms with Gasteiger partial charge < -0.3 is 19.7 Å². The van der Waals surface area contributed by atoms with Crippen molar-refractivity contribution in [3.63, 3.8) is 0 Å². The third-order valence-corrected chi connectivity index (χ3v) is 3.17. The summed E-state index contributed by atoms with van der Waals surface area (Å²) in [4.78, 5) is 12.3. The zero-order valence-corrected chi connectivity index (χ0v) is 11.3. The maximum Gasteiger partial charge on any atom is 0.200 e. The molecule has 0 aromatic heterocycles. The topological polar surface area (TPSA) is 76.0 Å². The minimum absolute atomic E-state index is 0.118. The molecule has 5 heteroatoms. The van der Waals surface area contributed by atoms with Gasteiger partial charge in [-0.2, -0.15) is 0 Å². The molecule has 5 nitrogen and oxygen atoms in total. The summed E-state index contributed by atoms with van der Waals surface area (Å²) >= 11 is 0. The van der Waals surface area contributed by atoms with E-state index in [2.05, 4.69) is 0 Å². The average molecular weight is 276 g/mol. The smallest absolute Gasteiger partial charge is 0.200 e. The second kappa shape index (κ2) is 5.79. The number of benzene rings is 1. The molecule has 2 rings (SSSR count). The maximum absolute atomic E-state index is 12.3. The van der Waals surface area contributed by atoms with E-state index in [1.807, 2.05) is 0 Å². The number of phenolic OH excluding ortho intramolecular Hbond substituents is 1. The molecule has 2 N–H and O–H groups in total. The minimum atomic E-state index is -0.437. The van der Waals surface area contributed by atoms with Gasteiger partial charge in [0.2, 0.25) is 0 Å². The van der Waals surface area contributed by atoms with Crippen molar-refractivity contribution < 1.29 is 24.5 Å². The molecule has 0 aliphatic heterocycles. The van der Waals surface area contributed by atoms with Crippen LogP contribution in [0.4, 0.5) is 0 Å². The fraction of sp³-hybridized carbons (Fsp3) is 0.267. The first-order valence-electron chi connectivity index (χ1n) is 6.12. The Morgan fingerprint density at radius 3 is 2.60 bits per heavy atom. The monoisotopic (exact) mass is 276 g/mol. The number of aliphatic hydroxyl groups excluding tert-OH is 1. The van der Waals surface area contributed by atoms with E-state index in [1.54, 1.807) is 12.1 Å². The summed E-state index contributed by atoms with van der Waals surface area (Å²) in [5.74, 6) is -0.301. The molecule has 0 spiro atoms. The number of hydrogen-bond donors (Lipinski definition) is 2. The van der Waals surface area contributed by atoms with Gasteiger partial charge >= 0.3 is 0 Å². The minimum Gasteiger partial charge on any atom is -0.507 e. The van der Waals surface area contributed by atoms with Crippen molar-refractivity contribution in [2.45, 2.75) is 12.5 Å². The number of allylic oxidation sites excluding steroid dienone is 1. The van der Waals surface area contributed by atoms with Crippen LogP contribution in [0.3, 0.4) is 0 Å². The standard InChI is InChI=1S/C15H16O5/c1-19-9-3-5-11(13(16)7-9)15(18)12-6-4-10(20-2)8-14(12)17/h3,5-8,10,16-17H,4H2,1-2H3. The summed E-state index contributed by atoms with van der Waals surface area (Å²) in [6.07, 6.45) is 3.35. The molecule has 0 saturated carbocycles. The molecule has 0 fully saturated rings. The van der Waals surface area contributed by atoms with E-state index in [9.17, 15) is 15.0 Å². The van der Waals surface area contributed by atoms with Gasteiger partial charge in [0.05, 0.1) is 24.4 Å². The Morgan fingerprint density at radius 1 is 1.30 bits per heavy atom. The van der Waals surface area contributed by atoms with Crippen LogP contribution in [0, 0.1) is 0 Å². The Labute approximate surface area is 116 Å². The number of ether oxygens (including phenoxy) is 2. The highest BCUT2D eigenvalue weighted by Crippen LogP contribution is 2.29. The first-order valence-corrected chi connectivity index (χ1v) is 6.12. The van der Waals surface area contributed by atoms with Gasteiger partial charge in [-0.1, -0.05) is 6.08 Å². The second-order valence-electron chi connectivity index (χ2n) is 4.39. The highest BCUT2D eigenvalue weighted by molar-refractivity contribution is 6.12. The summed E-state index contributed by atoms with van der Waals surface area (Å²) in [6.45, 7) is 0. The van der Waals surface area contributed by atoms with Crippen LogP contribution in [0.2, 0.25) is 0 Å². The highest BCUT2D eigenvalue weighted by atomic mass is 16.5. The van der Waals surface area contributed by atoms with Gasteiger partial charge in [-0.3, -0.25) is 4.79 Å². The molecule has 0 bridgehead atoms. The molecule has 20 heavy (non-hydrogen) atoms. The maximum atomic E-state index is 12.3. The number of carbonyl (C=O) groups is 1. The lowest BCUT2D eigenvalue weighted by Crippen LogP contribution is -2.16. The molecule has 0 heterocycles. The van der Waals surface area contributed by atoms with Crippen LogP contribution in [0.1, 0.15) is 16.8 Å². The normalized spacial score (nSPS) is 18.2. The Bertz CT molecular complexity index is 586. The first-order chi connectivity index (χ1) is 9.56. The summed E-state index contributed by atoms with van der Waals surface area (Å²) in [7, 11) is 3.00. The quantitative estimate of drug-likeness (QED) is 0.826. The van der Waals surface area contributed by atoms with E-state index in [0.29, 0.717) is 12.2 Å². The Balaban J connectivity index is 2.29. The molecular weight excluding hydrogens is 260 g/mol. The van der Waals surface area contributed by atoms with Crippen molar-refractivity contribution in [3.05, 3.63) is 47.2 Å². The number of aromatic hydroxyl groups is 1. The lowest BCUT2D eigenvalue weighted by atomic mass is 9.95. The molecule has 106 valence electrons. The van der Waals surface area contributed by atoms with Gasteiger partial charge in [0.25, 0.3) is 0 Å². The molecule has 1 atom stereocenters. The van der Waals surface area contributed by atoms with Crippen LogP contribution < -0.4 is 4.74 Å². The third kappa shape index (κ3) is 2.67.